The van der Waals surface area contributed by atoms with Crippen LogP contribution in [0, 0.1) is 18.6 Å². The van der Waals surface area contributed by atoms with Gasteiger partial charge in [0.15, 0.2) is 18.2 Å². The van der Waals surface area contributed by atoms with Crippen molar-refractivity contribution in [3.05, 3.63) is 58.6 Å². The molecule has 0 atom stereocenters. The topological polar surface area (TPSA) is 67.4 Å². The molecule has 2 aromatic rings. The average Bonchev–Trinajstić information content (AvgIpc) is 2.55. The van der Waals surface area contributed by atoms with E-state index in [4.69, 9.17) is 16.3 Å². The Morgan fingerprint density at radius 1 is 1.08 bits per heavy atom. The van der Waals surface area contributed by atoms with E-state index in [-0.39, 0.29) is 18.8 Å². The lowest BCUT2D eigenvalue weighted by atomic mass is 10.2. The van der Waals surface area contributed by atoms with Crippen LogP contribution in [0.15, 0.2) is 36.4 Å². The number of hydrogen-bond donors (Lipinski definition) is 2. The van der Waals surface area contributed by atoms with E-state index in [0.717, 1.165) is 17.7 Å². The molecular formula is C17H15ClF2N2O3. The zero-order chi connectivity index (χ0) is 18.4. The average molecular weight is 369 g/mol. The van der Waals surface area contributed by atoms with Crippen molar-refractivity contribution in [3.8, 4) is 5.75 Å². The van der Waals surface area contributed by atoms with Crippen LogP contribution in [0.4, 0.5) is 14.5 Å². The maximum Gasteiger partial charge on any atom is 0.258 e. The van der Waals surface area contributed by atoms with Crippen LogP contribution in [0.3, 0.4) is 0 Å². The first-order valence-corrected chi connectivity index (χ1v) is 7.63. The van der Waals surface area contributed by atoms with Crippen molar-refractivity contribution in [2.45, 2.75) is 6.92 Å². The Kier molecular flexibility index (Phi) is 6.30. The lowest BCUT2D eigenvalue weighted by Gasteiger charge is -2.10. The molecule has 2 N–H and O–H groups in total. The van der Waals surface area contributed by atoms with Crippen LogP contribution < -0.4 is 15.4 Å². The van der Waals surface area contributed by atoms with Gasteiger partial charge in [0.05, 0.1) is 6.54 Å². The first-order chi connectivity index (χ1) is 11.8. The number of amides is 2. The van der Waals surface area contributed by atoms with Crippen LogP contribution in [0.1, 0.15) is 5.56 Å². The highest BCUT2D eigenvalue weighted by molar-refractivity contribution is 6.30. The molecule has 0 heterocycles. The third-order valence-electron chi connectivity index (χ3n) is 3.15. The second-order valence-corrected chi connectivity index (χ2v) is 5.59. The molecule has 0 aliphatic heterocycles. The predicted octanol–water partition coefficient (Wildman–Crippen LogP) is 3.06. The van der Waals surface area contributed by atoms with Gasteiger partial charge < -0.3 is 15.4 Å². The summed E-state index contributed by atoms with van der Waals surface area (Å²) in [6.45, 7) is 1.18. The van der Waals surface area contributed by atoms with E-state index in [9.17, 15) is 18.4 Å². The normalized spacial score (nSPS) is 10.2. The van der Waals surface area contributed by atoms with E-state index < -0.39 is 23.4 Å². The maximum atomic E-state index is 13.0. The van der Waals surface area contributed by atoms with Crippen molar-refractivity contribution >= 4 is 29.1 Å². The third kappa shape index (κ3) is 5.72. The van der Waals surface area contributed by atoms with Gasteiger partial charge in [0, 0.05) is 16.8 Å². The molecule has 0 aromatic heterocycles. The van der Waals surface area contributed by atoms with E-state index in [1.54, 1.807) is 25.1 Å². The van der Waals surface area contributed by atoms with Gasteiger partial charge in [-0.3, -0.25) is 9.59 Å². The van der Waals surface area contributed by atoms with Crippen LogP contribution in [0.25, 0.3) is 0 Å². The van der Waals surface area contributed by atoms with Gasteiger partial charge in [-0.25, -0.2) is 8.78 Å². The van der Waals surface area contributed by atoms with Crippen molar-refractivity contribution in [1.82, 2.24) is 5.32 Å². The van der Waals surface area contributed by atoms with Crippen LogP contribution in [-0.4, -0.2) is 25.0 Å². The van der Waals surface area contributed by atoms with Crippen LogP contribution >= 0.6 is 11.6 Å². The van der Waals surface area contributed by atoms with Gasteiger partial charge in [0.25, 0.3) is 5.91 Å². The molecule has 8 heteroatoms. The molecule has 132 valence electrons. The molecule has 0 aliphatic rings. The fourth-order valence-electron chi connectivity index (χ4n) is 1.93. The number of aryl methyl sites for hydroxylation is 1. The quantitative estimate of drug-likeness (QED) is 0.823. The van der Waals surface area contributed by atoms with Crippen LogP contribution in [0.5, 0.6) is 5.75 Å². The first-order valence-electron chi connectivity index (χ1n) is 7.25. The summed E-state index contributed by atoms with van der Waals surface area (Å²) in [5.74, 6) is -2.67. The largest absolute Gasteiger partial charge is 0.484 e. The maximum absolute atomic E-state index is 13.0. The van der Waals surface area contributed by atoms with Gasteiger partial charge in [-0.15, -0.1) is 0 Å². The minimum absolute atomic E-state index is 0.0891. The smallest absolute Gasteiger partial charge is 0.258 e. The number of nitrogens with one attached hydrogen (secondary N) is 2. The first kappa shape index (κ1) is 18.7. The summed E-state index contributed by atoms with van der Waals surface area (Å²) in [6.07, 6.45) is 0. The molecule has 0 saturated heterocycles. The SMILES string of the molecule is Cc1cc(Cl)ccc1OCC(=O)NCC(=O)Nc1ccc(F)c(F)c1. The molecule has 25 heavy (non-hydrogen) atoms. The third-order valence-corrected chi connectivity index (χ3v) is 3.38. The lowest BCUT2D eigenvalue weighted by molar-refractivity contribution is -0.125. The van der Waals surface area contributed by atoms with Crippen molar-refractivity contribution in [2.24, 2.45) is 0 Å². The summed E-state index contributed by atoms with van der Waals surface area (Å²) in [6, 6.07) is 7.93. The van der Waals surface area contributed by atoms with Gasteiger partial charge in [0.1, 0.15) is 5.75 Å². The number of carbonyl (C=O) groups is 2. The summed E-state index contributed by atoms with van der Waals surface area (Å²) in [5, 5.41) is 5.26. The highest BCUT2D eigenvalue weighted by Gasteiger charge is 2.09. The molecule has 0 radical (unpaired) electrons. The molecule has 0 saturated carbocycles. The highest BCUT2D eigenvalue weighted by Crippen LogP contribution is 2.21. The lowest BCUT2D eigenvalue weighted by Crippen LogP contribution is -2.35. The van der Waals surface area contributed by atoms with E-state index in [1.165, 1.54) is 6.07 Å². The number of rotatable bonds is 6. The van der Waals surface area contributed by atoms with Gasteiger partial charge in [-0.2, -0.15) is 0 Å². The molecule has 0 bridgehead atoms. The van der Waals surface area contributed by atoms with Crippen LogP contribution in [0.2, 0.25) is 5.02 Å². The van der Waals surface area contributed by atoms with E-state index >= 15 is 0 Å². The number of ether oxygens (including phenoxy) is 1. The standard InChI is InChI=1S/C17H15ClF2N2O3/c1-10-6-11(18)2-5-15(10)25-9-17(24)21-8-16(23)22-12-3-4-13(19)14(20)7-12/h2-7H,8-9H2,1H3,(H,21,24)(H,22,23). The molecule has 0 unspecified atom stereocenters. The fraction of sp³-hybridized carbons (Fsp3) is 0.176. The number of benzene rings is 2. The van der Waals surface area contributed by atoms with Gasteiger partial charge in [-0.05, 0) is 42.8 Å². The molecule has 5 nitrogen and oxygen atoms in total. The van der Waals surface area contributed by atoms with E-state index in [1.807, 2.05) is 0 Å². The number of hydrogen-bond acceptors (Lipinski definition) is 3. The summed E-state index contributed by atoms with van der Waals surface area (Å²) in [5.41, 5.74) is 0.863. The number of anilines is 1. The Hall–Kier alpha value is -2.67. The molecule has 2 aromatic carbocycles. The van der Waals surface area contributed by atoms with Gasteiger partial charge >= 0.3 is 0 Å². The predicted molar refractivity (Wildman–Crippen MR) is 89.7 cm³/mol. The zero-order valence-corrected chi connectivity index (χ0v) is 14.0. The van der Waals surface area contributed by atoms with Gasteiger partial charge in [0.2, 0.25) is 5.91 Å². The van der Waals surface area contributed by atoms with E-state index in [2.05, 4.69) is 10.6 Å². The molecule has 2 rings (SSSR count). The molecule has 0 fully saturated rings. The van der Waals surface area contributed by atoms with E-state index in [0.29, 0.717) is 10.8 Å². The second kappa shape index (κ2) is 8.43. The minimum Gasteiger partial charge on any atom is -0.484 e. The number of carbonyl (C=O) groups excluding carboxylic acids is 2. The molecule has 0 aliphatic carbocycles. The summed E-state index contributed by atoms with van der Waals surface area (Å²) in [7, 11) is 0. The van der Waals surface area contributed by atoms with Crippen molar-refractivity contribution in [1.29, 1.82) is 0 Å². The molecule has 2 amide bonds. The summed E-state index contributed by atoms with van der Waals surface area (Å²) in [4.78, 5) is 23.4. The van der Waals surface area contributed by atoms with Crippen LogP contribution in [-0.2, 0) is 9.59 Å². The zero-order valence-electron chi connectivity index (χ0n) is 13.2. The Bertz CT molecular complexity index is 799. The Balaban J connectivity index is 1.77. The Morgan fingerprint density at radius 3 is 2.52 bits per heavy atom. The highest BCUT2D eigenvalue weighted by atomic mass is 35.5. The summed E-state index contributed by atoms with van der Waals surface area (Å²) < 4.78 is 31.2. The number of halogens is 3. The summed E-state index contributed by atoms with van der Waals surface area (Å²) >= 11 is 5.83. The molecular weight excluding hydrogens is 354 g/mol. The molecule has 0 spiro atoms. The second-order valence-electron chi connectivity index (χ2n) is 5.15. The van der Waals surface area contributed by atoms with Crippen molar-refractivity contribution in [3.63, 3.8) is 0 Å². The van der Waals surface area contributed by atoms with Crippen molar-refractivity contribution in [2.75, 3.05) is 18.5 Å². The Labute approximate surface area is 147 Å². The van der Waals surface area contributed by atoms with Gasteiger partial charge in [-0.1, -0.05) is 11.6 Å². The fourth-order valence-corrected chi connectivity index (χ4v) is 2.15. The minimum atomic E-state index is -1.08. The Morgan fingerprint density at radius 2 is 1.84 bits per heavy atom. The monoisotopic (exact) mass is 368 g/mol. The van der Waals surface area contributed by atoms with Crippen molar-refractivity contribution < 1.29 is 23.1 Å².